The fourth-order valence-corrected chi connectivity index (χ4v) is 3.70. The smallest absolute Gasteiger partial charge is 0.433 e. The zero-order valence-electron chi connectivity index (χ0n) is 19.1. The molecule has 9 nitrogen and oxygen atoms in total. The third kappa shape index (κ3) is 4.48. The van der Waals surface area contributed by atoms with Crippen LogP contribution in [0.3, 0.4) is 0 Å². The fraction of sp³-hybridized carbons (Fsp3) is 0.273. The molecule has 4 aromatic rings. The Morgan fingerprint density at radius 2 is 1.89 bits per heavy atom. The van der Waals surface area contributed by atoms with Crippen molar-refractivity contribution < 1.29 is 27.4 Å². The number of amides is 1. The maximum atomic E-state index is 13.9. The lowest BCUT2D eigenvalue weighted by Crippen LogP contribution is -2.24. The molecule has 184 valence electrons. The third-order valence-electron chi connectivity index (χ3n) is 5.49. The summed E-state index contributed by atoms with van der Waals surface area (Å²) in [5.41, 5.74) is 0.0232. The van der Waals surface area contributed by atoms with E-state index in [2.05, 4.69) is 20.5 Å². The van der Waals surface area contributed by atoms with Crippen molar-refractivity contribution in [3.8, 4) is 22.8 Å². The van der Waals surface area contributed by atoms with Gasteiger partial charge in [0.05, 0.1) is 26.1 Å². The van der Waals surface area contributed by atoms with E-state index in [0.29, 0.717) is 21.6 Å². The molecule has 3 aromatic heterocycles. The van der Waals surface area contributed by atoms with Crippen LogP contribution in [0.25, 0.3) is 16.9 Å². The lowest BCUT2D eigenvalue weighted by molar-refractivity contribution is -0.142. The van der Waals surface area contributed by atoms with Crippen molar-refractivity contribution >= 4 is 23.2 Å². The van der Waals surface area contributed by atoms with Crippen LogP contribution in [0, 0.1) is 6.92 Å². The average Bonchev–Trinajstić information content (AvgIpc) is 3.34. The predicted octanol–water partition coefficient (Wildman–Crippen LogP) is 4.06. The van der Waals surface area contributed by atoms with Crippen LogP contribution in [0.2, 0.25) is 5.02 Å². The molecule has 0 radical (unpaired) electrons. The van der Waals surface area contributed by atoms with Crippen LogP contribution in [0.5, 0.6) is 11.5 Å². The molecule has 0 spiro atoms. The quantitative estimate of drug-likeness (QED) is 0.422. The normalized spacial score (nSPS) is 11.7. The number of aryl methyl sites for hydroxylation is 1. The minimum absolute atomic E-state index is 0.0366. The largest absolute Gasteiger partial charge is 0.493 e. The van der Waals surface area contributed by atoms with Crippen molar-refractivity contribution in [3.05, 3.63) is 58.1 Å². The first-order valence-corrected chi connectivity index (χ1v) is 10.6. The molecule has 1 N–H and O–H groups in total. The van der Waals surface area contributed by atoms with Gasteiger partial charge in [-0.25, -0.2) is 9.50 Å². The minimum Gasteiger partial charge on any atom is -0.493 e. The second-order valence-electron chi connectivity index (χ2n) is 7.55. The van der Waals surface area contributed by atoms with E-state index in [1.54, 1.807) is 24.0 Å². The van der Waals surface area contributed by atoms with Gasteiger partial charge in [0, 0.05) is 30.4 Å². The molecule has 35 heavy (non-hydrogen) atoms. The number of carbonyl (C=O) groups excluding carboxylic acids is 1. The second-order valence-corrected chi connectivity index (χ2v) is 7.93. The van der Waals surface area contributed by atoms with E-state index in [1.165, 1.54) is 26.4 Å². The highest BCUT2D eigenvalue weighted by Crippen LogP contribution is 2.37. The summed E-state index contributed by atoms with van der Waals surface area (Å²) in [5, 5.41) is 10.2. The summed E-state index contributed by atoms with van der Waals surface area (Å²) in [6.45, 7) is 1.92. The Morgan fingerprint density at radius 3 is 2.49 bits per heavy atom. The summed E-state index contributed by atoms with van der Waals surface area (Å²) in [7, 11) is 4.60. The van der Waals surface area contributed by atoms with Gasteiger partial charge in [-0.05, 0) is 31.2 Å². The number of fused-ring (bicyclic) bond motifs is 1. The van der Waals surface area contributed by atoms with E-state index >= 15 is 0 Å². The topological polar surface area (TPSA) is 95.6 Å². The van der Waals surface area contributed by atoms with Crippen LogP contribution >= 0.6 is 11.6 Å². The number of nitrogens with one attached hydrogen (secondary N) is 1. The molecule has 0 bridgehead atoms. The van der Waals surface area contributed by atoms with Crippen molar-refractivity contribution in [1.82, 2.24) is 29.7 Å². The summed E-state index contributed by atoms with van der Waals surface area (Å²) in [6, 6.07) is 5.41. The van der Waals surface area contributed by atoms with E-state index in [0.717, 1.165) is 17.3 Å². The summed E-state index contributed by atoms with van der Waals surface area (Å²) < 4.78 is 54.4. The predicted molar refractivity (Wildman–Crippen MR) is 121 cm³/mol. The van der Waals surface area contributed by atoms with Gasteiger partial charge in [0.2, 0.25) is 0 Å². The highest BCUT2D eigenvalue weighted by molar-refractivity contribution is 6.36. The maximum absolute atomic E-state index is 13.9. The van der Waals surface area contributed by atoms with E-state index in [-0.39, 0.29) is 28.6 Å². The molecule has 0 fully saturated rings. The van der Waals surface area contributed by atoms with Crippen molar-refractivity contribution in [2.75, 3.05) is 14.2 Å². The molecule has 0 saturated heterocycles. The Balaban J connectivity index is 1.78. The fourth-order valence-electron chi connectivity index (χ4n) is 3.46. The van der Waals surface area contributed by atoms with Crippen LogP contribution in [0.4, 0.5) is 13.2 Å². The Labute approximate surface area is 202 Å². The first-order valence-electron chi connectivity index (χ1n) is 10.2. The van der Waals surface area contributed by atoms with Crippen LogP contribution in [-0.2, 0) is 19.8 Å². The molecule has 0 aliphatic carbocycles. The monoisotopic (exact) mass is 508 g/mol. The number of hydrogen-bond acceptors (Lipinski definition) is 6. The standard InChI is InChI=1S/C22H20ClF3N6O3/c1-11-13(10-28-31(11)2)9-27-21(33)19-18(23)20-29-14(8-17(22(24,25)26)32(20)30-19)12-5-6-15(34-3)16(7-12)35-4/h5-8,10H,9H2,1-4H3,(H,27,33). The lowest BCUT2D eigenvalue weighted by Gasteiger charge is -2.12. The van der Waals surface area contributed by atoms with Crippen LogP contribution in [0.1, 0.15) is 27.4 Å². The molecule has 0 aliphatic heterocycles. The Hall–Kier alpha value is -3.80. The van der Waals surface area contributed by atoms with Gasteiger partial charge in [0.25, 0.3) is 5.91 Å². The number of rotatable bonds is 6. The van der Waals surface area contributed by atoms with Gasteiger partial charge >= 0.3 is 6.18 Å². The van der Waals surface area contributed by atoms with Crippen LogP contribution in [0.15, 0.2) is 30.5 Å². The maximum Gasteiger partial charge on any atom is 0.433 e. The Kier molecular flexibility index (Phi) is 6.32. The second kappa shape index (κ2) is 9.10. The van der Waals surface area contributed by atoms with Crippen LogP contribution in [-0.4, -0.2) is 44.5 Å². The number of aromatic nitrogens is 5. The minimum atomic E-state index is -4.80. The van der Waals surface area contributed by atoms with E-state index < -0.39 is 17.8 Å². The van der Waals surface area contributed by atoms with Crippen molar-refractivity contribution in [3.63, 3.8) is 0 Å². The zero-order chi connectivity index (χ0) is 25.5. The number of nitrogens with zero attached hydrogens (tertiary/aromatic N) is 5. The summed E-state index contributed by atoms with van der Waals surface area (Å²) in [5.74, 6) is -0.0336. The molecule has 3 heterocycles. The number of hydrogen-bond donors (Lipinski definition) is 1. The van der Waals surface area contributed by atoms with Crippen molar-refractivity contribution in [1.29, 1.82) is 0 Å². The van der Waals surface area contributed by atoms with Gasteiger partial charge < -0.3 is 14.8 Å². The van der Waals surface area contributed by atoms with Gasteiger partial charge in [-0.1, -0.05) is 11.6 Å². The highest BCUT2D eigenvalue weighted by atomic mass is 35.5. The third-order valence-corrected chi connectivity index (χ3v) is 5.84. The number of halogens is 4. The molecular formula is C22H20ClF3N6O3. The summed E-state index contributed by atoms with van der Waals surface area (Å²) in [6.07, 6.45) is -3.22. The molecule has 13 heteroatoms. The first-order chi connectivity index (χ1) is 16.5. The number of methoxy groups -OCH3 is 2. The number of alkyl halides is 3. The van der Waals surface area contributed by atoms with E-state index in [9.17, 15) is 18.0 Å². The molecule has 4 rings (SSSR count). The zero-order valence-corrected chi connectivity index (χ0v) is 19.8. The molecule has 1 aromatic carbocycles. The van der Waals surface area contributed by atoms with Gasteiger partial charge in [-0.15, -0.1) is 0 Å². The highest BCUT2D eigenvalue weighted by Gasteiger charge is 2.37. The van der Waals surface area contributed by atoms with Gasteiger partial charge in [-0.2, -0.15) is 23.4 Å². The molecule has 0 atom stereocenters. The Bertz CT molecular complexity index is 1430. The van der Waals surface area contributed by atoms with Crippen LogP contribution < -0.4 is 14.8 Å². The van der Waals surface area contributed by atoms with Gasteiger partial charge in [0.1, 0.15) is 5.02 Å². The summed E-state index contributed by atoms with van der Waals surface area (Å²) >= 11 is 6.32. The SMILES string of the molecule is COc1ccc(-c2cc(C(F)(F)F)n3nc(C(=O)NCc4cnn(C)c4C)c(Cl)c3n2)cc1OC. The van der Waals surface area contributed by atoms with E-state index in [1.807, 2.05) is 6.92 Å². The molecule has 0 aliphatic rings. The van der Waals surface area contributed by atoms with E-state index in [4.69, 9.17) is 21.1 Å². The molecule has 1 amide bonds. The first kappa shape index (κ1) is 24.3. The molecule has 0 saturated carbocycles. The number of carbonyl (C=O) groups is 1. The Morgan fingerprint density at radius 1 is 1.17 bits per heavy atom. The summed E-state index contributed by atoms with van der Waals surface area (Å²) in [4.78, 5) is 17.0. The lowest BCUT2D eigenvalue weighted by atomic mass is 10.1. The molecular weight excluding hydrogens is 489 g/mol. The van der Waals surface area contributed by atoms with Gasteiger partial charge in [0.15, 0.2) is 28.5 Å². The van der Waals surface area contributed by atoms with Crippen molar-refractivity contribution in [2.24, 2.45) is 7.05 Å². The number of ether oxygens (including phenoxy) is 2. The number of benzene rings is 1. The molecule has 0 unspecified atom stereocenters. The average molecular weight is 509 g/mol. The van der Waals surface area contributed by atoms with Gasteiger partial charge in [-0.3, -0.25) is 9.48 Å². The van der Waals surface area contributed by atoms with Crippen molar-refractivity contribution in [2.45, 2.75) is 19.6 Å².